The molecule has 0 aliphatic heterocycles. The van der Waals surface area contributed by atoms with E-state index in [1.54, 1.807) is 23.1 Å². The van der Waals surface area contributed by atoms with Gasteiger partial charge in [0.2, 0.25) is 11.8 Å². The van der Waals surface area contributed by atoms with E-state index in [2.05, 4.69) is 5.32 Å². The molecule has 3 rings (SSSR count). The quantitative estimate of drug-likeness (QED) is 0.373. The first-order valence-corrected chi connectivity index (χ1v) is 12.2. The molecule has 0 spiro atoms. The van der Waals surface area contributed by atoms with Crippen molar-refractivity contribution in [2.75, 3.05) is 6.54 Å². The Kier molecular flexibility index (Phi) is 9.55. The lowest BCUT2D eigenvalue weighted by Crippen LogP contribution is -2.51. The molecule has 0 saturated carbocycles. The second kappa shape index (κ2) is 12.6. The van der Waals surface area contributed by atoms with E-state index >= 15 is 0 Å². The molecule has 0 aliphatic carbocycles. The zero-order valence-corrected chi connectivity index (χ0v) is 21.1. The molecule has 178 valence electrons. The minimum atomic E-state index is -0.682. The van der Waals surface area contributed by atoms with Gasteiger partial charge in [-0.1, -0.05) is 96.4 Å². The van der Waals surface area contributed by atoms with E-state index in [4.69, 9.17) is 23.2 Å². The van der Waals surface area contributed by atoms with Crippen LogP contribution in [0.2, 0.25) is 10.0 Å². The predicted octanol–water partition coefficient (Wildman–Crippen LogP) is 6.01. The molecule has 0 bridgehead atoms. The van der Waals surface area contributed by atoms with E-state index in [9.17, 15) is 9.59 Å². The number of hydrogen-bond donors (Lipinski definition) is 1. The zero-order valence-electron chi connectivity index (χ0n) is 19.6. The Bertz CT molecular complexity index is 1100. The Balaban J connectivity index is 1.97. The van der Waals surface area contributed by atoms with Crippen molar-refractivity contribution in [1.82, 2.24) is 10.2 Å². The maximum Gasteiger partial charge on any atom is 0.243 e. The first-order chi connectivity index (χ1) is 16.4. The molecule has 1 N–H and O–H groups in total. The number of aryl methyl sites for hydroxylation is 1. The monoisotopic (exact) mass is 496 g/mol. The summed E-state index contributed by atoms with van der Waals surface area (Å²) in [6, 6.07) is 22.1. The maximum absolute atomic E-state index is 13.7. The minimum Gasteiger partial charge on any atom is -0.354 e. The number of benzene rings is 3. The summed E-state index contributed by atoms with van der Waals surface area (Å²) in [5, 5.41) is 3.97. The minimum absolute atomic E-state index is 0.137. The van der Waals surface area contributed by atoms with Crippen LogP contribution in [0.25, 0.3) is 0 Å². The van der Waals surface area contributed by atoms with E-state index in [0.29, 0.717) is 23.0 Å². The fourth-order valence-electron chi connectivity index (χ4n) is 3.74. The van der Waals surface area contributed by atoms with Gasteiger partial charge in [-0.05, 0) is 42.2 Å². The van der Waals surface area contributed by atoms with Crippen LogP contribution >= 0.6 is 23.2 Å². The van der Waals surface area contributed by atoms with E-state index in [-0.39, 0.29) is 24.8 Å². The van der Waals surface area contributed by atoms with Crippen LogP contribution in [-0.4, -0.2) is 29.3 Å². The second-order valence-electron chi connectivity index (χ2n) is 8.42. The van der Waals surface area contributed by atoms with E-state index in [0.717, 1.165) is 28.7 Å². The molecule has 0 aliphatic rings. The third-order valence-corrected chi connectivity index (χ3v) is 6.24. The second-order valence-corrected chi connectivity index (χ2v) is 9.26. The predicted molar refractivity (Wildman–Crippen MR) is 139 cm³/mol. The molecule has 1 atom stereocenters. The number of carbonyl (C=O) groups is 2. The van der Waals surface area contributed by atoms with Gasteiger partial charge in [0.25, 0.3) is 0 Å². The molecule has 2 amide bonds. The van der Waals surface area contributed by atoms with Crippen molar-refractivity contribution in [3.05, 3.63) is 105 Å². The molecule has 3 aromatic carbocycles. The molecule has 0 fully saturated rings. The van der Waals surface area contributed by atoms with Gasteiger partial charge in [0.15, 0.2) is 0 Å². The van der Waals surface area contributed by atoms with Crippen LogP contribution in [-0.2, 0) is 29.0 Å². The van der Waals surface area contributed by atoms with E-state index in [1.807, 2.05) is 68.4 Å². The van der Waals surface area contributed by atoms with Crippen LogP contribution in [0.5, 0.6) is 0 Å². The summed E-state index contributed by atoms with van der Waals surface area (Å²) in [6.07, 6.45) is 1.41. The van der Waals surface area contributed by atoms with Crippen molar-refractivity contribution >= 4 is 35.0 Å². The van der Waals surface area contributed by atoms with Gasteiger partial charge in [-0.25, -0.2) is 0 Å². The molecule has 0 radical (unpaired) electrons. The lowest BCUT2D eigenvalue weighted by Gasteiger charge is -2.32. The third kappa shape index (κ3) is 7.34. The highest BCUT2D eigenvalue weighted by atomic mass is 35.5. The average molecular weight is 497 g/mol. The SMILES string of the molecule is CCCNC(=O)[C@H](Cc1ccccc1)N(Cc1ccc(Cl)cc1Cl)C(=O)Cc1ccc(C)cc1. The molecule has 34 heavy (non-hydrogen) atoms. The number of carbonyl (C=O) groups excluding carboxylic acids is 2. The van der Waals surface area contributed by atoms with Gasteiger partial charge in [0, 0.05) is 29.6 Å². The number of rotatable bonds is 10. The first-order valence-electron chi connectivity index (χ1n) is 11.5. The molecule has 0 heterocycles. The van der Waals surface area contributed by atoms with Crippen LogP contribution in [0.3, 0.4) is 0 Å². The van der Waals surface area contributed by atoms with Crippen LogP contribution in [0, 0.1) is 6.92 Å². The Labute approximate surface area is 211 Å². The van der Waals surface area contributed by atoms with E-state index in [1.165, 1.54) is 0 Å². The van der Waals surface area contributed by atoms with Crippen molar-refractivity contribution in [2.45, 2.75) is 45.7 Å². The smallest absolute Gasteiger partial charge is 0.243 e. The number of hydrogen-bond acceptors (Lipinski definition) is 2. The summed E-state index contributed by atoms with van der Waals surface area (Å²) in [6.45, 7) is 4.76. The fourth-order valence-corrected chi connectivity index (χ4v) is 4.20. The Morgan fingerprint density at radius 3 is 2.29 bits per heavy atom. The number of nitrogens with zero attached hydrogens (tertiary/aromatic N) is 1. The molecule has 0 saturated heterocycles. The summed E-state index contributed by atoms with van der Waals surface area (Å²) < 4.78 is 0. The van der Waals surface area contributed by atoms with Gasteiger partial charge in [0.1, 0.15) is 6.04 Å². The van der Waals surface area contributed by atoms with Crippen LogP contribution < -0.4 is 5.32 Å². The number of nitrogens with one attached hydrogen (secondary N) is 1. The summed E-state index contributed by atoms with van der Waals surface area (Å²) in [7, 11) is 0. The normalized spacial score (nSPS) is 11.6. The summed E-state index contributed by atoms with van der Waals surface area (Å²) in [5.41, 5.74) is 3.75. The van der Waals surface area contributed by atoms with Crippen molar-refractivity contribution in [3.8, 4) is 0 Å². The van der Waals surface area contributed by atoms with Crippen molar-refractivity contribution in [1.29, 1.82) is 0 Å². The van der Waals surface area contributed by atoms with Crippen LogP contribution in [0.1, 0.15) is 35.6 Å². The van der Waals surface area contributed by atoms with Gasteiger partial charge >= 0.3 is 0 Å². The Hall–Kier alpha value is -2.82. The lowest BCUT2D eigenvalue weighted by molar-refractivity contribution is -0.140. The highest BCUT2D eigenvalue weighted by Gasteiger charge is 2.30. The Morgan fingerprint density at radius 1 is 0.941 bits per heavy atom. The first kappa shape index (κ1) is 25.8. The summed E-state index contributed by atoms with van der Waals surface area (Å²) >= 11 is 12.5. The van der Waals surface area contributed by atoms with Crippen LogP contribution in [0.15, 0.2) is 72.8 Å². The molecule has 3 aromatic rings. The molecule has 6 heteroatoms. The largest absolute Gasteiger partial charge is 0.354 e. The molecule has 0 unspecified atom stereocenters. The van der Waals surface area contributed by atoms with E-state index < -0.39 is 6.04 Å². The zero-order chi connectivity index (χ0) is 24.5. The van der Waals surface area contributed by atoms with Gasteiger partial charge < -0.3 is 10.2 Å². The van der Waals surface area contributed by atoms with Gasteiger partial charge in [0.05, 0.1) is 6.42 Å². The topological polar surface area (TPSA) is 49.4 Å². The standard InChI is InChI=1S/C28H30Cl2N2O2/c1-3-15-31-28(34)26(16-21-7-5-4-6-8-21)32(19-23-13-14-24(29)18-25(23)30)27(33)17-22-11-9-20(2)10-12-22/h4-14,18,26H,3,15-17,19H2,1-2H3,(H,31,34)/t26-/m0/s1. The third-order valence-electron chi connectivity index (χ3n) is 5.65. The Morgan fingerprint density at radius 2 is 1.65 bits per heavy atom. The van der Waals surface area contributed by atoms with Crippen molar-refractivity contribution in [3.63, 3.8) is 0 Å². The molecular formula is C28H30Cl2N2O2. The molecule has 0 aromatic heterocycles. The highest BCUT2D eigenvalue weighted by molar-refractivity contribution is 6.35. The van der Waals surface area contributed by atoms with Crippen molar-refractivity contribution in [2.24, 2.45) is 0 Å². The highest BCUT2D eigenvalue weighted by Crippen LogP contribution is 2.24. The van der Waals surface area contributed by atoms with Crippen molar-refractivity contribution < 1.29 is 9.59 Å². The van der Waals surface area contributed by atoms with Crippen LogP contribution in [0.4, 0.5) is 0 Å². The molecule has 4 nitrogen and oxygen atoms in total. The van der Waals surface area contributed by atoms with Gasteiger partial charge in [-0.3, -0.25) is 9.59 Å². The van der Waals surface area contributed by atoms with Gasteiger partial charge in [-0.15, -0.1) is 0 Å². The number of halogens is 2. The molecular weight excluding hydrogens is 467 g/mol. The summed E-state index contributed by atoms with van der Waals surface area (Å²) in [5.74, 6) is -0.310. The van der Waals surface area contributed by atoms with Gasteiger partial charge in [-0.2, -0.15) is 0 Å². The maximum atomic E-state index is 13.7. The lowest BCUT2D eigenvalue weighted by atomic mass is 10.0. The fraction of sp³-hybridized carbons (Fsp3) is 0.286. The number of amides is 2. The average Bonchev–Trinajstić information content (AvgIpc) is 2.83. The summed E-state index contributed by atoms with van der Waals surface area (Å²) in [4.78, 5) is 28.6.